The van der Waals surface area contributed by atoms with Crippen LogP contribution in [0.1, 0.15) is 26.2 Å². The first kappa shape index (κ1) is 20.5. The average Bonchev–Trinajstić information content (AvgIpc) is 3.30. The van der Waals surface area contributed by atoms with Gasteiger partial charge in [0.2, 0.25) is 11.8 Å². The van der Waals surface area contributed by atoms with Crippen molar-refractivity contribution < 1.29 is 27.6 Å². The van der Waals surface area contributed by atoms with Crippen LogP contribution in [0.5, 0.6) is 0 Å². The molecular formula is C16H17F3N6O4. The fourth-order valence-electron chi connectivity index (χ4n) is 3.44. The number of nitrogens with zero attached hydrogens (tertiary/aromatic N) is 6. The van der Waals surface area contributed by atoms with E-state index in [9.17, 15) is 28.1 Å². The van der Waals surface area contributed by atoms with Crippen molar-refractivity contribution in [3.05, 3.63) is 35.0 Å². The standard InChI is InChI=1S/C16H17F3N6O4/c1-2-29-13(26)15(9-16(17,18)19)4-3-6-24(15)12-11(25(27)28)8-21-14(22-12)23-7-5-20-10-23/h5,7-8,10H,2-4,6,9H2,1H3. The topological polar surface area (TPSA) is 116 Å². The fourth-order valence-corrected chi connectivity index (χ4v) is 3.44. The fraction of sp³-hybridized carbons (Fsp3) is 0.500. The minimum absolute atomic E-state index is 0.0280. The third-order valence-corrected chi connectivity index (χ3v) is 4.56. The highest BCUT2D eigenvalue weighted by Crippen LogP contribution is 2.44. The van der Waals surface area contributed by atoms with E-state index in [-0.39, 0.29) is 37.8 Å². The van der Waals surface area contributed by atoms with Gasteiger partial charge in [-0.05, 0) is 19.8 Å². The highest BCUT2D eigenvalue weighted by molar-refractivity contribution is 5.87. The molecule has 1 saturated heterocycles. The summed E-state index contributed by atoms with van der Waals surface area (Å²) in [6, 6.07) is 0. The molecule has 1 aliphatic rings. The number of alkyl halides is 3. The van der Waals surface area contributed by atoms with E-state index in [1.807, 2.05) is 0 Å². The van der Waals surface area contributed by atoms with E-state index in [1.54, 1.807) is 0 Å². The molecule has 0 spiro atoms. The first-order valence-electron chi connectivity index (χ1n) is 8.69. The van der Waals surface area contributed by atoms with Gasteiger partial charge in [-0.25, -0.2) is 14.8 Å². The molecule has 2 aromatic rings. The number of ether oxygens (including phenoxy) is 1. The molecule has 1 atom stereocenters. The first-order chi connectivity index (χ1) is 13.7. The third-order valence-electron chi connectivity index (χ3n) is 4.56. The third kappa shape index (κ3) is 3.98. The highest BCUT2D eigenvalue weighted by Gasteiger charge is 2.56. The Labute approximate surface area is 162 Å². The predicted octanol–water partition coefficient (Wildman–Crippen LogP) is 2.43. The van der Waals surface area contributed by atoms with Crippen molar-refractivity contribution in [2.45, 2.75) is 37.9 Å². The molecule has 3 rings (SSSR count). The molecule has 1 aliphatic heterocycles. The van der Waals surface area contributed by atoms with Gasteiger partial charge in [0, 0.05) is 18.9 Å². The molecule has 1 fully saturated rings. The van der Waals surface area contributed by atoms with Crippen LogP contribution in [0.25, 0.3) is 5.95 Å². The number of anilines is 1. The number of hydrogen-bond acceptors (Lipinski definition) is 8. The summed E-state index contributed by atoms with van der Waals surface area (Å²) >= 11 is 0. The molecule has 0 bridgehead atoms. The SMILES string of the molecule is CCOC(=O)C1(CC(F)(F)F)CCCN1c1nc(-n2ccnc2)ncc1[N+](=O)[O-]. The van der Waals surface area contributed by atoms with Crippen LogP contribution in [-0.2, 0) is 9.53 Å². The van der Waals surface area contributed by atoms with Gasteiger partial charge in [0.25, 0.3) is 0 Å². The number of esters is 1. The van der Waals surface area contributed by atoms with Gasteiger partial charge in [-0.3, -0.25) is 14.7 Å². The number of carbonyl (C=O) groups is 1. The Hall–Kier alpha value is -3.25. The summed E-state index contributed by atoms with van der Waals surface area (Å²) in [6.07, 6.45) is -1.05. The summed E-state index contributed by atoms with van der Waals surface area (Å²) in [5, 5.41) is 11.5. The molecule has 0 N–H and O–H groups in total. The normalized spacial score (nSPS) is 19.4. The molecular weight excluding hydrogens is 397 g/mol. The van der Waals surface area contributed by atoms with E-state index in [4.69, 9.17) is 4.74 Å². The molecule has 29 heavy (non-hydrogen) atoms. The number of imidazole rings is 1. The molecule has 0 amide bonds. The zero-order valence-electron chi connectivity index (χ0n) is 15.3. The summed E-state index contributed by atoms with van der Waals surface area (Å²) in [5.74, 6) is -1.49. The van der Waals surface area contributed by atoms with Crippen LogP contribution < -0.4 is 4.90 Å². The Morgan fingerprint density at radius 1 is 1.45 bits per heavy atom. The minimum atomic E-state index is -4.70. The molecule has 2 aromatic heterocycles. The number of nitro groups is 1. The molecule has 0 saturated carbocycles. The summed E-state index contributed by atoms with van der Waals surface area (Å²) < 4.78 is 46.4. The van der Waals surface area contributed by atoms with Crippen molar-refractivity contribution in [2.75, 3.05) is 18.1 Å². The van der Waals surface area contributed by atoms with Crippen LogP contribution in [0.4, 0.5) is 24.7 Å². The molecule has 0 radical (unpaired) electrons. The number of hydrogen-bond donors (Lipinski definition) is 0. The lowest BCUT2D eigenvalue weighted by Gasteiger charge is -2.37. The van der Waals surface area contributed by atoms with E-state index in [1.165, 1.54) is 30.2 Å². The molecule has 13 heteroatoms. The second kappa shape index (κ2) is 7.64. The molecule has 1 unspecified atom stereocenters. The van der Waals surface area contributed by atoms with Crippen molar-refractivity contribution >= 4 is 17.5 Å². The van der Waals surface area contributed by atoms with Crippen molar-refractivity contribution in [1.82, 2.24) is 19.5 Å². The maximum atomic E-state index is 13.4. The van der Waals surface area contributed by atoms with E-state index in [0.29, 0.717) is 0 Å². The van der Waals surface area contributed by atoms with E-state index in [2.05, 4.69) is 15.0 Å². The van der Waals surface area contributed by atoms with Gasteiger partial charge in [0.05, 0.1) is 18.0 Å². The largest absolute Gasteiger partial charge is 0.464 e. The van der Waals surface area contributed by atoms with Gasteiger partial charge in [-0.15, -0.1) is 0 Å². The van der Waals surface area contributed by atoms with Crippen molar-refractivity contribution in [1.29, 1.82) is 0 Å². The van der Waals surface area contributed by atoms with Gasteiger partial charge < -0.3 is 9.64 Å². The summed E-state index contributed by atoms with van der Waals surface area (Å²) in [7, 11) is 0. The van der Waals surface area contributed by atoms with Gasteiger partial charge in [-0.1, -0.05) is 0 Å². The van der Waals surface area contributed by atoms with Crippen LogP contribution in [-0.4, -0.2) is 55.3 Å². The van der Waals surface area contributed by atoms with Crippen molar-refractivity contribution in [3.8, 4) is 5.95 Å². The molecule has 0 aromatic carbocycles. The predicted molar refractivity (Wildman–Crippen MR) is 92.4 cm³/mol. The Morgan fingerprint density at radius 2 is 2.21 bits per heavy atom. The van der Waals surface area contributed by atoms with Crippen LogP contribution in [0.2, 0.25) is 0 Å². The Kier molecular flexibility index (Phi) is 5.40. The van der Waals surface area contributed by atoms with E-state index in [0.717, 1.165) is 11.1 Å². The zero-order chi connectivity index (χ0) is 21.2. The number of aromatic nitrogens is 4. The highest BCUT2D eigenvalue weighted by atomic mass is 19.4. The lowest BCUT2D eigenvalue weighted by molar-refractivity contribution is -0.384. The maximum absolute atomic E-state index is 13.4. The van der Waals surface area contributed by atoms with Crippen LogP contribution in [0.15, 0.2) is 24.9 Å². The van der Waals surface area contributed by atoms with Gasteiger partial charge in [0.1, 0.15) is 18.1 Å². The van der Waals surface area contributed by atoms with Crippen LogP contribution >= 0.6 is 0 Å². The molecule has 3 heterocycles. The van der Waals surface area contributed by atoms with Crippen molar-refractivity contribution in [2.24, 2.45) is 0 Å². The molecule has 156 valence electrons. The first-order valence-corrected chi connectivity index (χ1v) is 8.69. The number of carbonyl (C=O) groups excluding carboxylic acids is 1. The summed E-state index contributed by atoms with van der Waals surface area (Å²) in [4.78, 5) is 36.2. The number of rotatable bonds is 6. The second-order valence-corrected chi connectivity index (χ2v) is 6.41. The van der Waals surface area contributed by atoms with E-state index < -0.39 is 34.7 Å². The average molecular weight is 414 g/mol. The minimum Gasteiger partial charge on any atom is -0.464 e. The summed E-state index contributed by atoms with van der Waals surface area (Å²) in [6.45, 7) is 1.32. The van der Waals surface area contributed by atoms with E-state index >= 15 is 0 Å². The molecule has 0 aliphatic carbocycles. The van der Waals surface area contributed by atoms with Gasteiger partial charge in [0.15, 0.2) is 0 Å². The lowest BCUT2D eigenvalue weighted by Crippen LogP contribution is -2.54. The van der Waals surface area contributed by atoms with Crippen LogP contribution in [0.3, 0.4) is 0 Å². The lowest BCUT2D eigenvalue weighted by atomic mass is 9.91. The number of halogens is 3. The quantitative estimate of drug-likeness (QED) is 0.402. The summed E-state index contributed by atoms with van der Waals surface area (Å²) in [5.41, 5.74) is -2.74. The van der Waals surface area contributed by atoms with Crippen LogP contribution in [0, 0.1) is 10.1 Å². The van der Waals surface area contributed by atoms with Gasteiger partial charge in [-0.2, -0.15) is 18.2 Å². The monoisotopic (exact) mass is 414 g/mol. The second-order valence-electron chi connectivity index (χ2n) is 6.41. The van der Waals surface area contributed by atoms with Gasteiger partial charge >= 0.3 is 17.8 Å². The molecule has 10 nitrogen and oxygen atoms in total. The zero-order valence-corrected chi connectivity index (χ0v) is 15.3. The Bertz CT molecular complexity index is 905. The Balaban J connectivity index is 2.16. The smallest absolute Gasteiger partial charge is 0.391 e. The maximum Gasteiger partial charge on any atom is 0.391 e. The van der Waals surface area contributed by atoms with Crippen molar-refractivity contribution in [3.63, 3.8) is 0 Å². The Morgan fingerprint density at radius 3 is 2.79 bits per heavy atom.